The highest BCUT2D eigenvalue weighted by molar-refractivity contribution is 5.81. The number of Topliss-reactive ketones (excluding diaryl/α,β-unsaturated/α-hetero) is 1. The molecule has 1 atom stereocenters. The van der Waals surface area contributed by atoms with Gasteiger partial charge in [-0.15, -0.1) is 0 Å². The van der Waals surface area contributed by atoms with Crippen molar-refractivity contribution in [2.75, 3.05) is 0 Å². The Balaban J connectivity index is 2.60. The van der Waals surface area contributed by atoms with Crippen molar-refractivity contribution >= 4 is 5.78 Å². The first-order valence-corrected chi connectivity index (χ1v) is 6.82. The summed E-state index contributed by atoms with van der Waals surface area (Å²) in [5.41, 5.74) is 3.21. The van der Waals surface area contributed by atoms with Crippen molar-refractivity contribution in [3.8, 4) is 0 Å². The monoisotopic (exact) mass is 250 g/mol. The van der Waals surface area contributed by atoms with Gasteiger partial charge >= 0.3 is 0 Å². The smallest absolute Gasteiger partial charge is 0.137 e. The number of carbonyl (C=O) groups excluding carboxylic acids is 1. The minimum atomic E-state index is 0.336. The molecule has 0 radical (unpaired) electrons. The van der Waals surface area contributed by atoms with Crippen LogP contribution in [0.25, 0.3) is 0 Å². The van der Waals surface area contributed by atoms with E-state index in [1.165, 1.54) is 0 Å². The summed E-state index contributed by atoms with van der Waals surface area (Å²) in [4.78, 5) is 12.1. The van der Waals surface area contributed by atoms with Gasteiger partial charge < -0.3 is 0 Å². The molecule has 3 nitrogen and oxygen atoms in total. The van der Waals surface area contributed by atoms with E-state index in [2.05, 4.69) is 25.9 Å². The molecule has 0 aliphatic carbocycles. The van der Waals surface area contributed by atoms with Crippen LogP contribution in [-0.2, 0) is 18.3 Å². The van der Waals surface area contributed by atoms with Gasteiger partial charge in [0.15, 0.2) is 0 Å². The lowest BCUT2D eigenvalue weighted by atomic mass is 9.92. The van der Waals surface area contributed by atoms with Crippen LogP contribution in [0.2, 0.25) is 0 Å². The van der Waals surface area contributed by atoms with Crippen molar-refractivity contribution in [3.05, 3.63) is 17.0 Å². The average molecular weight is 250 g/mol. The van der Waals surface area contributed by atoms with Crippen LogP contribution in [-0.4, -0.2) is 15.6 Å². The maximum atomic E-state index is 12.1. The molecular formula is C15H26N2O. The van der Waals surface area contributed by atoms with Crippen LogP contribution in [0.15, 0.2) is 0 Å². The van der Waals surface area contributed by atoms with Gasteiger partial charge in [-0.2, -0.15) is 5.10 Å². The second-order valence-corrected chi connectivity index (χ2v) is 5.93. The fraction of sp³-hybridized carbons (Fsp3) is 0.733. The lowest BCUT2D eigenvalue weighted by Gasteiger charge is -2.13. The summed E-state index contributed by atoms with van der Waals surface area (Å²) in [6, 6.07) is 0. The lowest BCUT2D eigenvalue weighted by molar-refractivity contribution is -0.119. The number of rotatable bonds is 6. The molecule has 1 heterocycles. The maximum Gasteiger partial charge on any atom is 0.137 e. The number of hydrogen-bond donors (Lipinski definition) is 0. The second kappa shape index (κ2) is 6.17. The van der Waals surface area contributed by atoms with Crippen molar-refractivity contribution < 1.29 is 4.79 Å². The molecule has 0 aliphatic rings. The van der Waals surface area contributed by atoms with Gasteiger partial charge in [0.2, 0.25) is 0 Å². The SMILES string of the molecule is Cc1nn(C)c(C)c1CC(=O)CC(C)CC(C)C. The van der Waals surface area contributed by atoms with Gasteiger partial charge in [-0.05, 0) is 32.1 Å². The molecule has 0 amide bonds. The Morgan fingerprint density at radius 2 is 1.89 bits per heavy atom. The van der Waals surface area contributed by atoms with Crippen molar-refractivity contribution in [2.24, 2.45) is 18.9 Å². The third-order valence-electron chi connectivity index (χ3n) is 3.48. The van der Waals surface area contributed by atoms with E-state index in [9.17, 15) is 4.79 Å². The van der Waals surface area contributed by atoms with Gasteiger partial charge in [0.1, 0.15) is 5.78 Å². The number of carbonyl (C=O) groups is 1. The third kappa shape index (κ3) is 3.97. The van der Waals surface area contributed by atoms with Crippen LogP contribution >= 0.6 is 0 Å². The molecule has 0 bridgehead atoms. The normalized spacial score (nSPS) is 13.1. The molecule has 1 aromatic rings. The molecule has 1 unspecified atom stereocenters. The van der Waals surface area contributed by atoms with Crippen LogP contribution in [0.1, 0.15) is 50.6 Å². The molecule has 1 rings (SSSR count). The zero-order valence-electron chi connectivity index (χ0n) is 12.6. The summed E-state index contributed by atoms with van der Waals surface area (Å²) in [6.45, 7) is 10.6. The quantitative estimate of drug-likeness (QED) is 0.777. The average Bonchev–Trinajstić information content (AvgIpc) is 2.43. The molecular weight excluding hydrogens is 224 g/mol. The molecule has 0 saturated carbocycles. The van der Waals surface area contributed by atoms with E-state index in [0.717, 1.165) is 23.4 Å². The Labute approximate surface area is 111 Å². The fourth-order valence-electron chi connectivity index (χ4n) is 2.62. The first kappa shape index (κ1) is 14.9. The Kier molecular flexibility index (Phi) is 5.12. The van der Waals surface area contributed by atoms with Crippen LogP contribution in [0.4, 0.5) is 0 Å². The fourth-order valence-corrected chi connectivity index (χ4v) is 2.62. The summed E-state index contributed by atoms with van der Waals surface area (Å²) in [7, 11) is 1.93. The van der Waals surface area contributed by atoms with Gasteiger partial charge in [-0.3, -0.25) is 9.48 Å². The van der Waals surface area contributed by atoms with Crippen molar-refractivity contribution in [3.63, 3.8) is 0 Å². The van der Waals surface area contributed by atoms with E-state index in [0.29, 0.717) is 30.5 Å². The third-order valence-corrected chi connectivity index (χ3v) is 3.48. The predicted octanol–water partition coefficient (Wildman–Crippen LogP) is 3.22. The summed E-state index contributed by atoms with van der Waals surface area (Å²) in [5.74, 6) is 1.48. The molecule has 0 spiro atoms. The summed E-state index contributed by atoms with van der Waals surface area (Å²) in [5, 5.41) is 4.36. The van der Waals surface area contributed by atoms with E-state index in [1.807, 2.05) is 25.6 Å². The van der Waals surface area contributed by atoms with Gasteiger partial charge in [0.25, 0.3) is 0 Å². The van der Waals surface area contributed by atoms with Crippen LogP contribution in [0.5, 0.6) is 0 Å². The minimum absolute atomic E-state index is 0.336. The zero-order chi connectivity index (χ0) is 13.9. The minimum Gasteiger partial charge on any atom is -0.299 e. The molecule has 102 valence electrons. The van der Waals surface area contributed by atoms with Gasteiger partial charge in [-0.25, -0.2) is 0 Å². The standard InChI is InChI=1S/C15H26N2O/c1-10(2)7-11(3)8-14(18)9-15-12(4)16-17(6)13(15)5/h10-11H,7-9H2,1-6H3. The molecule has 1 aromatic heterocycles. The summed E-state index contributed by atoms with van der Waals surface area (Å²) < 4.78 is 1.86. The number of ketones is 1. The lowest BCUT2D eigenvalue weighted by Crippen LogP contribution is -2.11. The van der Waals surface area contributed by atoms with E-state index < -0.39 is 0 Å². The van der Waals surface area contributed by atoms with Gasteiger partial charge in [0.05, 0.1) is 5.69 Å². The summed E-state index contributed by atoms with van der Waals surface area (Å²) >= 11 is 0. The van der Waals surface area contributed by atoms with E-state index >= 15 is 0 Å². The Morgan fingerprint density at radius 1 is 1.28 bits per heavy atom. The van der Waals surface area contributed by atoms with Crippen LogP contribution < -0.4 is 0 Å². The molecule has 0 aliphatic heterocycles. The van der Waals surface area contributed by atoms with Crippen molar-refractivity contribution in [2.45, 2.75) is 53.9 Å². The van der Waals surface area contributed by atoms with E-state index in [1.54, 1.807) is 0 Å². The number of nitrogens with zero attached hydrogens (tertiary/aromatic N) is 2. The Bertz CT molecular complexity index is 418. The number of aromatic nitrogens is 2. The zero-order valence-corrected chi connectivity index (χ0v) is 12.6. The highest BCUT2D eigenvalue weighted by Gasteiger charge is 2.16. The van der Waals surface area contributed by atoms with Crippen molar-refractivity contribution in [1.82, 2.24) is 9.78 Å². The van der Waals surface area contributed by atoms with Crippen LogP contribution in [0.3, 0.4) is 0 Å². The molecule has 18 heavy (non-hydrogen) atoms. The first-order valence-electron chi connectivity index (χ1n) is 6.82. The highest BCUT2D eigenvalue weighted by atomic mass is 16.1. The number of hydrogen-bond acceptors (Lipinski definition) is 2. The molecule has 0 fully saturated rings. The molecule has 0 saturated heterocycles. The highest BCUT2D eigenvalue weighted by Crippen LogP contribution is 2.18. The predicted molar refractivity (Wildman–Crippen MR) is 74.6 cm³/mol. The number of aryl methyl sites for hydroxylation is 2. The Morgan fingerprint density at radius 3 is 2.33 bits per heavy atom. The second-order valence-electron chi connectivity index (χ2n) is 5.93. The first-order chi connectivity index (χ1) is 8.31. The molecule has 3 heteroatoms. The van der Waals surface area contributed by atoms with Crippen LogP contribution in [0, 0.1) is 25.7 Å². The van der Waals surface area contributed by atoms with E-state index in [4.69, 9.17) is 0 Å². The largest absolute Gasteiger partial charge is 0.299 e. The van der Waals surface area contributed by atoms with Gasteiger partial charge in [-0.1, -0.05) is 20.8 Å². The Hall–Kier alpha value is -1.12. The molecule has 0 aromatic carbocycles. The maximum absolute atomic E-state index is 12.1. The topological polar surface area (TPSA) is 34.9 Å². The summed E-state index contributed by atoms with van der Waals surface area (Å²) in [6.07, 6.45) is 2.34. The van der Waals surface area contributed by atoms with Gasteiger partial charge in [0, 0.05) is 31.1 Å². The van der Waals surface area contributed by atoms with Crippen molar-refractivity contribution in [1.29, 1.82) is 0 Å². The molecule has 0 N–H and O–H groups in total. The van der Waals surface area contributed by atoms with E-state index in [-0.39, 0.29) is 0 Å².